The van der Waals surface area contributed by atoms with Crippen molar-refractivity contribution in [3.63, 3.8) is 0 Å². The molecule has 23 heavy (non-hydrogen) atoms. The van der Waals surface area contributed by atoms with Gasteiger partial charge in [0, 0.05) is 23.9 Å². The minimum atomic E-state index is -2.65. The Kier molecular flexibility index (Phi) is 4.87. The molecule has 0 heterocycles. The van der Waals surface area contributed by atoms with Gasteiger partial charge in [-0.1, -0.05) is 0 Å². The summed E-state index contributed by atoms with van der Waals surface area (Å²) in [5.41, 5.74) is -0.275. The number of aliphatic carboxylic acids is 1. The van der Waals surface area contributed by atoms with E-state index in [4.69, 9.17) is 9.84 Å². The second-order valence-electron chi connectivity index (χ2n) is 6.08. The van der Waals surface area contributed by atoms with Crippen LogP contribution in [0, 0.1) is 0 Å². The highest BCUT2D eigenvalue weighted by Crippen LogP contribution is 2.38. The maximum atomic E-state index is 13.2. The van der Waals surface area contributed by atoms with Crippen molar-refractivity contribution in [2.24, 2.45) is 0 Å². The minimum absolute atomic E-state index is 0.228. The summed E-state index contributed by atoms with van der Waals surface area (Å²) < 4.78 is 31.4. The van der Waals surface area contributed by atoms with Gasteiger partial charge in [-0.25, -0.2) is 13.6 Å². The van der Waals surface area contributed by atoms with Crippen molar-refractivity contribution in [1.29, 1.82) is 0 Å². The molecule has 1 amide bonds. The number of halogens is 2. The number of carbonyl (C=O) groups excluding carboxylic acids is 1. The van der Waals surface area contributed by atoms with Crippen LogP contribution in [0.1, 0.15) is 43.0 Å². The Morgan fingerprint density at radius 2 is 1.74 bits per heavy atom. The molecule has 0 atom stereocenters. The second kappa shape index (κ2) is 6.52. The van der Waals surface area contributed by atoms with Gasteiger partial charge < -0.3 is 15.2 Å². The summed E-state index contributed by atoms with van der Waals surface area (Å²) in [5.74, 6) is -3.74. The Balaban J connectivity index is 1.94. The number of nitrogens with one attached hydrogen (secondary N) is 1. The first-order valence-corrected chi connectivity index (χ1v) is 7.34. The molecule has 2 rings (SSSR count). The monoisotopic (exact) mass is 327 g/mol. The Bertz CT molecular complexity index is 576. The van der Waals surface area contributed by atoms with Gasteiger partial charge in [-0.05, 0) is 44.0 Å². The lowest BCUT2D eigenvalue weighted by Crippen LogP contribution is -2.50. The minimum Gasteiger partial charge on any atom is -0.482 e. The van der Waals surface area contributed by atoms with Crippen molar-refractivity contribution < 1.29 is 28.2 Å². The van der Waals surface area contributed by atoms with Gasteiger partial charge in [0.05, 0.1) is 0 Å². The quantitative estimate of drug-likeness (QED) is 0.872. The van der Waals surface area contributed by atoms with Gasteiger partial charge in [-0.2, -0.15) is 0 Å². The highest BCUT2D eigenvalue weighted by Gasteiger charge is 2.41. The molecule has 0 aromatic heterocycles. The molecule has 1 aromatic carbocycles. The Morgan fingerprint density at radius 3 is 2.26 bits per heavy atom. The molecular formula is C16H19F2NO4. The van der Waals surface area contributed by atoms with Crippen molar-refractivity contribution in [1.82, 2.24) is 5.32 Å². The summed E-state index contributed by atoms with van der Waals surface area (Å²) in [6.07, 6.45) is -0.00537. The molecule has 0 saturated heterocycles. The average molecular weight is 327 g/mol. The van der Waals surface area contributed by atoms with Crippen LogP contribution in [0.2, 0.25) is 0 Å². The number of benzene rings is 1. The topological polar surface area (TPSA) is 75.6 Å². The van der Waals surface area contributed by atoms with E-state index in [1.165, 1.54) is 24.3 Å². The molecular weight excluding hydrogens is 308 g/mol. The molecule has 126 valence electrons. The predicted molar refractivity (Wildman–Crippen MR) is 78.9 cm³/mol. The van der Waals surface area contributed by atoms with Crippen LogP contribution in [-0.4, -0.2) is 35.1 Å². The van der Waals surface area contributed by atoms with E-state index in [1.54, 1.807) is 6.92 Å². The van der Waals surface area contributed by atoms with Gasteiger partial charge in [0.15, 0.2) is 6.61 Å². The SMILES string of the molecule is CC1(NC(=O)c2ccc(OCC(=O)O)cc2)CCC(F)(F)CC1. The van der Waals surface area contributed by atoms with E-state index >= 15 is 0 Å². The number of hydrogen-bond donors (Lipinski definition) is 2. The third kappa shape index (κ3) is 4.91. The normalized spacial score (nSPS) is 18.9. The van der Waals surface area contributed by atoms with Crippen LogP contribution in [0.5, 0.6) is 5.75 Å². The molecule has 0 radical (unpaired) electrons. The third-order valence-corrected chi connectivity index (χ3v) is 3.98. The van der Waals surface area contributed by atoms with Gasteiger partial charge >= 0.3 is 5.97 Å². The standard InChI is InChI=1S/C16H19F2NO4/c1-15(6-8-16(17,18)9-7-15)19-14(22)11-2-4-12(5-3-11)23-10-13(20)21/h2-5H,6-10H2,1H3,(H,19,22)(H,20,21). The van der Waals surface area contributed by atoms with Crippen molar-refractivity contribution >= 4 is 11.9 Å². The molecule has 1 aliphatic rings. The first kappa shape index (κ1) is 17.2. The predicted octanol–water partition coefficient (Wildman–Crippen LogP) is 2.85. The number of hydrogen-bond acceptors (Lipinski definition) is 3. The smallest absolute Gasteiger partial charge is 0.341 e. The van der Waals surface area contributed by atoms with Crippen LogP contribution >= 0.6 is 0 Å². The van der Waals surface area contributed by atoms with Crippen molar-refractivity contribution in [2.45, 2.75) is 44.1 Å². The van der Waals surface area contributed by atoms with Crippen LogP contribution in [0.25, 0.3) is 0 Å². The number of ether oxygens (including phenoxy) is 1. The first-order chi connectivity index (χ1) is 10.7. The fraction of sp³-hybridized carbons (Fsp3) is 0.500. The lowest BCUT2D eigenvalue weighted by Gasteiger charge is -2.37. The number of carboxylic acid groups (broad SMARTS) is 1. The lowest BCUT2D eigenvalue weighted by molar-refractivity contribution is -0.139. The third-order valence-electron chi connectivity index (χ3n) is 3.98. The summed E-state index contributed by atoms with van der Waals surface area (Å²) in [6.45, 7) is 1.31. The number of alkyl halides is 2. The number of carboxylic acids is 1. The molecule has 0 bridgehead atoms. The fourth-order valence-corrected chi connectivity index (χ4v) is 2.49. The zero-order valence-corrected chi connectivity index (χ0v) is 12.8. The first-order valence-electron chi connectivity index (χ1n) is 7.34. The van der Waals surface area contributed by atoms with Gasteiger partial charge in [0.25, 0.3) is 5.91 Å². The van der Waals surface area contributed by atoms with Crippen molar-refractivity contribution in [3.8, 4) is 5.75 Å². The Morgan fingerprint density at radius 1 is 1.17 bits per heavy atom. The summed E-state index contributed by atoms with van der Waals surface area (Å²) in [4.78, 5) is 22.6. The summed E-state index contributed by atoms with van der Waals surface area (Å²) in [7, 11) is 0. The van der Waals surface area contributed by atoms with Gasteiger partial charge in [-0.15, -0.1) is 0 Å². The number of carbonyl (C=O) groups is 2. The lowest BCUT2D eigenvalue weighted by atomic mass is 9.81. The molecule has 1 aromatic rings. The molecule has 0 spiro atoms. The second-order valence-corrected chi connectivity index (χ2v) is 6.08. The van der Waals surface area contributed by atoms with Gasteiger partial charge in [0.1, 0.15) is 5.75 Å². The van der Waals surface area contributed by atoms with E-state index in [0.717, 1.165) is 0 Å². The number of amides is 1. The van der Waals surface area contributed by atoms with E-state index in [1.807, 2.05) is 0 Å². The molecule has 1 aliphatic carbocycles. The van der Waals surface area contributed by atoms with E-state index in [0.29, 0.717) is 11.3 Å². The molecule has 0 aliphatic heterocycles. The number of rotatable bonds is 5. The highest BCUT2D eigenvalue weighted by atomic mass is 19.3. The zero-order chi connectivity index (χ0) is 17.1. The molecule has 7 heteroatoms. The van der Waals surface area contributed by atoms with Crippen LogP contribution in [-0.2, 0) is 4.79 Å². The molecule has 0 unspecified atom stereocenters. The van der Waals surface area contributed by atoms with E-state index in [-0.39, 0.29) is 31.6 Å². The van der Waals surface area contributed by atoms with Crippen LogP contribution in [0.4, 0.5) is 8.78 Å². The maximum Gasteiger partial charge on any atom is 0.341 e. The van der Waals surface area contributed by atoms with Crippen molar-refractivity contribution in [3.05, 3.63) is 29.8 Å². The largest absolute Gasteiger partial charge is 0.482 e. The summed E-state index contributed by atoms with van der Waals surface area (Å²) in [6, 6.07) is 6.00. The molecule has 2 N–H and O–H groups in total. The molecule has 1 saturated carbocycles. The fourth-order valence-electron chi connectivity index (χ4n) is 2.49. The van der Waals surface area contributed by atoms with Crippen molar-refractivity contribution in [2.75, 3.05) is 6.61 Å². The molecule has 5 nitrogen and oxygen atoms in total. The van der Waals surface area contributed by atoms with Crippen LogP contribution < -0.4 is 10.1 Å². The molecule has 1 fully saturated rings. The van der Waals surface area contributed by atoms with Gasteiger partial charge in [-0.3, -0.25) is 4.79 Å². The van der Waals surface area contributed by atoms with Crippen LogP contribution in [0.3, 0.4) is 0 Å². The average Bonchev–Trinajstić information content (AvgIpc) is 2.49. The van der Waals surface area contributed by atoms with Crippen LogP contribution in [0.15, 0.2) is 24.3 Å². The summed E-state index contributed by atoms with van der Waals surface area (Å²) in [5, 5.41) is 11.3. The Hall–Kier alpha value is -2.18. The van der Waals surface area contributed by atoms with Gasteiger partial charge in [0.2, 0.25) is 5.92 Å². The summed E-state index contributed by atoms with van der Waals surface area (Å²) >= 11 is 0. The zero-order valence-electron chi connectivity index (χ0n) is 12.8. The Labute approximate surface area is 132 Å². The van der Waals surface area contributed by atoms with E-state index in [2.05, 4.69) is 5.32 Å². The highest BCUT2D eigenvalue weighted by molar-refractivity contribution is 5.94. The van der Waals surface area contributed by atoms with E-state index < -0.39 is 24.0 Å². The maximum absolute atomic E-state index is 13.2. The van der Waals surface area contributed by atoms with E-state index in [9.17, 15) is 18.4 Å².